The lowest BCUT2D eigenvalue weighted by molar-refractivity contribution is -0.182. The van der Waals surface area contributed by atoms with Gasteiger partial charge in [-0.25, -0.2) is 0 Å². The van der Waals surface area contributed by atoms with Crippen LogP contribution in [0.1, 0.15) is 60.3 Å². The van der Waals surface area contributed by atoms with Gasteiger partial charge in [-0.05, 0) is 48.9 Å². The fourth-order valence-electron chi connectivity index (χ4n) is 4.93. The Bertz CT molecular complexity index is 338. The maximum Gasteiger partial charge on any atom is 0.158 e. The number of ether oxygens (including phenoxy) is 2. The summed E-state index contributed by atoms with van der Waals surface area (Å²) in [5.41, 5.74) is 0.819. The lowest BCUT2D eigenvalue weighted by atomic mass is 9.70. The molecule has 0 N–H and O–H groups in total. The summed E-state index contributed by atoms with van der Waals surface area (Å²) >= 11 is 0. The van der Waals surface area contributed by atoms with E-state index in [-0.39, 0.29) is 6.29 Å². The van der Waals surface area contributed by atoms with E-state index in [9.17, 15) is 0 Å². The molecule has 104 valence electrons. The molecule has 1 saturated heterocycles. The number of hydrogen-bond donors (Lipinski definition) is 0. The Morgan fingerprint density at radius 2 is 2.06 bits per heavy atom. The normalized spacial score (nSPS) is 50.5. The molecule has 0 spiro atoms. The lowest BCUT2D eigenvalue weighted by Gasteiger charge is -2.38. The van der Waals surface area contributed by atoms with Crippen molar-refractivity contribution in [2.24, 2.45) is 22.7 Å². The van der Waals surface area contributed by atoms with E-state index in [1.807, 2.05) is 0 Å². The highest BCUT2D eigenvalue weighted by Gasteiger charge is 2.69. The first-order chi connectivity index (χ1) is 8.40. The van der Waals surface area contributed by atoms with Crippen molar-refractivity contribution in [2.45, 2.75) is 78.8 Å². The van der Waals surface area contributed by atoms with E-state index in [2.05, 4.69) is 34.6 Å². The van der Waals surface area contributed by atoms with E-state index in [0.29, 0.717) is 23.0 Å². The minimum atomic E-state index is 0.0611. The Morgan fingerprint density at radius 1 is 1.33 bits per heavy atom. The van der Waals surface area contributed by atoms with Gasteiger partial charge in [0.15, 0.2) is 6.29 Å². The first-order valence-corrected chi connectivity index (χ1v) is 7.71. The molecule has 0 radical (unpaired) electrons. The zero-order valence-electron chi connectivity index (χ0n) is 12.5. The van der Waals surface area contributed by atoms with Crippen molar-refractivity contribution in [1.82, 2.24) is 0 Å². The van der Waals surface area contributed by atoms with Crippen LogP contribution in [0.25, 0.3) is 0 Å². The van der Waals surface area contributed by atoms with Crippen LogP contribution in [0.3, 0.4) is 0 Å². The maximum absolute atomic E-state index is 6.31. The van der Waals surface area contributed by atoms with Gasteiger partial charge in [-0.2, -0.15) is 0 Å². The van der Waals surface area contributed by atoms with Gasteiger partial charge in [0.1, 0.15) is 0 Å². The van der Waals surface area contributed by atoms with Gasteiger partial charge in [-0.3, -0.25) is 0 Å². The first kappa shape index (κ1) is 12.9. The molecule has 0 aromatic carbocycles. The minimum absolute atomic E-state index is 0.0611. The summed E-state index contributed by atoms with van der Waals surface area (Å²) in [6.07, 6.45) is 5.75. The molecule has 0 unspecified atom stereocenters. The summed E-state index contributed by atoms with van der Waals surface area (Å²) in [7, 11) is 0. The van der Waals surface area contributed by atoms with Crippen LogP contribution in [0.2, 0.25) is 0 Å². The predicted octanol–water partition coefficient (Wildman–Crippen LogP) is 3.99. The van der Waals surface area contributed by atoms with Crippen LogP contribution < -0.4 is 0 Å². The van der Waals surface area contributed by atoms with Crippen molar-refractivity contribution in [3.05, 3.63) is 0 Å². The Hall–Kier alpha value is -0.0800. The summed E-state index contributed by atoms with van der Waals surface area (Å²) in [4.78, 5) is 0. The molecule has 1 aliphatic heterocycles. The van der Waals surface area contributed by atoms with Crippen LogP contribution in [-0.4, -0.2) is 18.5 Å². The standard InChI is InChI=1S/C16H28O2/c1-6-10(2)17-13-9-11-12-7-8-16(5,14(11)18-13)15(12,3)4/h10-14H,6-9H2,1-5H3/t10-,11-,12-,13-,14-,16+/m1/s1. The molecule has 2 saturated carbocycles. The molecule has 18 heavy (non-hydrogen) atoms. The van der Waals surface area contributed by atoms with Crippen LogP contribution in [0.5, 0.6) is 0 Å². The fourth-order valence-corrected chi connectivity index (χ4v) is 4.93. The molecule has 2 bridgehead atoms. The van der Waals surface area contributed by atoms with Crippen molar-refractivity contribution >= 4 is 0 Å². The number of rotatable bonds is 3. The molecule has 3 aliphatic rings. The lowest BCUT2D eigenvalue weighted by Crippen LogP contribution is -2.38. The monoisotopic (exact) mass is 252 g/mol. The molecule has 1 heterocycles. The molecule has 0 aromatic heterocycles. The second-order valence-electron chi connectivity index (χ2n) is 7.53. The molecule has 0 amide bonds. The molecule has 2 aliphatic carbocycles. The van der Waals surface area contributed by atoms with Crippen molar-refractivity contribution in [3.63, 3.8) is 0 Å². The molecular weight excluding hydrogens is 224 g/mol. The third-order valence-corrected chi connectivity index (χ3v) is 6.63. The number of fused-ring (bicyclic) bond motifs is 5. The summed E-state index contributed by atoms with van der Waals surface area (Å²) < 4.78 is 12.3. The van der Waals surface area contributed by atoms with E-state index < -0.39 is 0 Å². The van der Waals surface area contributed by atoms with Gasteiger partial charge in [0, 0.05) is 6.42 Å². The largest absolute Gasteiger partial charge is 0.350 e. The molecule has 2 nitrogen and oxygen atoms in total. The summed E-state index contributed by atoms with van der Waals surface area (Å²) in [6, 6.07) is 0. The smallest absolute Gasteiger partial charge is 0.158 e. The highest BCUT2D eigenvalue weighted by Crippen LogP contribution is 2.71. The Balaban J connectivity index is 1.75. The topological polar surface area (TPSA) is 18.5 Å². The van der Waals surface area contributed by atoms with E-state index in [1.165, 1.54) is 12.8 Å². The molecule has 3 fully saturated rings. The second kappa shape index (κ2) is 3.96. The SMILES string of the molecule is CC[C@@H](C)O[C@H]1C[C@@H]2[C@H]3CC[C@@](C)([C@@H]2O1)C3(C)C. The van der Waals surface area contributed by atoms with Crippen molar-refractivity contribution in [1.29, 1.82) is 0 Å². The Labute approximate surface area is 111 Å². The van der Waals surface area contributed by atoms with Crippen LogP contribution in [-0.2, 0) is 9.47 Å². The van der Waals surface area contributed by atoms with E-state index in [4.69, 9.17) is 9.47 Å². The van der Waals surface area contributed by atoms with Crippen molar-refractivity contribution in [2.75, 3.05) is 0 Å². The third kappa shape index (κ3) is 1.48. The minimum Gasteiger partial charge on any atom is -0.350 e. The quantitative estimate of drug-likeness (QED) is 0.756. The van der Waals surface area contributed by atoms with Crippen LogP contribution >= 0.6 is 0 Å². The van der Waals surface area contributed by atoms with Gasteiger partial charge < -0.3 is 9.47 Å². The van der Waals surface area contributed by atoms with Crippen LogP contribution in [0, 0.1) is 22.7 Å². The van der Waals surface area contributed by atoms with Gasteiger partial charge in [0.25, 0.3) is 0 Å². The highest BCUT2D eigenvalue weighted by atomic mass is 16.7. The maximum atomic E-state index is 6.31. The van der Waals surface area contributed by atoms with Gasteiger partial charge in [0.2, 0.25) is 0 Å². The van der Waals surface area contributed by atoms with Gasteiger partial charge >= 0.3 is 0 Å². The van der Waals surface area contributed by atoms with E-state index in [1.54, 1.807) is 0 Å². The molecule has 0 aromatic rings. The second-order valence-corrected chi connectivity index (χ2v) is 7.53. The van der Waals surface area contributed by atoms with Crippen LogP contribution in [0.4, 0.5) is 0 Å². The number of hydrogen-bond acceptors (Lipinski definition) is 2. The van der Waals surface area contributed by atoms with Crippen molar-refractivity contribution in [3.8, 4) is 0 Å². The Kier molecular flexibility index (Phi) is 2.84. The molecule has 6 atom stereocenters. The van der Waals surface area contributed by atoms with Gasteiger partial charge in [-0.1, -0.05) is 27.7 Å². The molecule has 3 rings (SSSR count). The molecule has 2 heteroatoms. The van der Waals surface area contributed by atoms with Crippen molar-refractivity contribution < 1.29 is 9.47 Å². The van der Waals surface area contributed by atoms with Gasteiger partial charge in [-0.15, -0.1) is 0 Å². The summed E-state index contributed by atoms with van der Waals surface area (Å²) in [5, 5.41) is 0. The highest BCUT2D eigenvalue weighted by molar-refractivity contribution is 5.16. The molecular formula is C16H28O2. The van der Waals surface area contributed by atoms with Gasteiger partial charge in [0.05, 0.1) is 12.2 Å². The summed E-state index contributed by atoms with van der Waals surface area (Å²) in [5.74, 6) is 1.59. The zero-order valence-corrected chi connectivity index (χ0v) is 12.5. The first-order valence-electron chi connectivity index (χ1n) is 7.71. The Morgan fingerprint density at radius 3 is 2.67 bits per heavy atom. The average molecular weight is 252 g/mol. The summed E-state index contributed by atoms with van der Waals surface area (Å²) in [6.45, 7) is 11.7. The van der Waals surface area contributed by atoms with E-state index >= 15 is 0 Å². The van der Waals surface area contributed by atoms with E-state index in [0.717, 1.165) is 24.7 Å². The third-order valence-electron chi connectivity index (χ3n) is 6.63. The fraction of sp³-hybridized carbons (Fsp3) is 1.00. The predicted molar refractivity (Wildman–Crippen MR) is 72.2 cm³/mol. The average Bonchev–Trinajstić information content (AvgIpc) is 2.85. The zero-order chi connectivity index (χ0) is 13.1. The van der Waals surface area contributed by atoms with Crippen LogP contribution in [0.15, 0.2) is 0 Å².